The number of nitrogens with one attached hydrogen (secondary N) is 2. The molecular weight excluding hydrogens is 344 g/mol. The zero-order valence-corrected chi connectivity index (χ0v) is 15.3. The van der Waals surface area contributed by atoms with E-state index in [1.165, 1.54) is 0 Å². The Morgan fingerprint density at radius 3 is 3.00 bits per heavy atom. The van der Waals surface area contributed by atoms with Gasteiger partial charge >= 0.3 is 0 Å². The topological polar surface area (TPSA) is 75.7 Å². The number of aromatic nitrogens is 1. The predicted molar refractivity (Wildman–Crippen MR) is 104 cm³/mol. The van der Waals surface area contributed by atoms with E-state index in [0.29, 0.717) is 19.7 Å². The number of aliphatic hydroxyl groups is 1. The minimum Gasteiger partial charge on any atom is -0.490 e. The number of aryl methyl sites for hydroxylation is 1. The number of aromatic amines is 1. The summed E-state index contributed by atoms with van der Waals surface area (Å²) in [6, 6.07) is 13.7. The van der Waals surface area contributed by atoms with Crippen molar-refractivity contribution in [1.82, 2.24) is 10.3 Å². The number of aliphatic hydroxyl groups excluding tert-OH is 1. The third kappa shape index (κ3) is 4.18. The van der Waals surface area contributed by atoms with Gasteiger partial charge in [-0.05, 0) is 42.8 Å². The monoisotopic (exact) mass is 368 g/mol. The summed E-state index contributed by atoms with van der Waals surface area (Å²) >= 11 is 0. The SMILES string of the molecule is Cc1cc(OCC(O)CNCC2COc3ccccc3O2)c2cc[nH]c2c1. The quantitative estimate of drug-likeness (QED) is 0.598. The average Bonchev–Trinajstić information content (AvgIpc) is 3.14. The molecule has 1 aliphatic heterocycles. The van der Waals surface area contributed by atoms with E-state index in [9.17, 15) is 5.11 Å². The van der Waals surface area contributed by atoms with Crippen LogP contribution in [0.15, 0.2) is 48.7 Å². The van der Waals surface area contributed by atoms with Crippen molar-refractivity contribution < 1.29 is 19.3 Å². The summed E-state index contributed by atoms with van der Waals surface area (Å²) in [5, 5.41) is 14.5. The zero-order chi connectivity index (χ0) is 18.6. The standard InChI is InChI=1S/C21H24N2O4/c1-14-8-18-17(6-7-23-18)21(9-14)25-12-15(24)10-22-11-16-13-26-19-4-2-3-5-20(19)27-16/h2-9,15-16,22-24H,10-13H2,1H3. The van der Waals surface area contributed by atoms with E-state index in [1.54, 1.807) is 0 Å². The average molecular weight is 368 g/mol. The molecule has 2 atom stereocenters. The van der Waals surface area contributed by atoms with E-state index in [2.05, 4.69) is 16.4 Å². The highest BCUT2D eigenvalue weighted by Crippen LogP contribution is 2.30. The summed E-state index contributed by atoms with van der Waals surface area (Å²) in [6.45, 7) is 3.75. The highest BCUT2D eigenvalue weighted by atomic mass is 16.6. The first-order valence-electron chi connectivity index (χ1n) is 9.17. The van der Waals surface area contributed by atoms with E-state index in [4.69, 9.17) is 14.2 Å². The van der Waals surface area contributed by atoms with Crippen LogP contribution in [0.3, 0.4) is 0 Å². The van der Waals surface area contributed by atoms with Gasteiger partial charge in [-0.3, -0.25) is 0 Å². The predicted octanol–water partition coefficient (Wildman–Crippen LogP) is 2.65. The maximum Gasteiger partial charge on any atom is 0.161 e. The van der Waals surface area contributed by atoms with Crippen LogP contribution in [-0.2, 0) is 0 Å². The highest BCUT2D eigenvalue weighted by molar-refractivity contribution is 5.86. The number of benzene rings is 2. The van der Waals surface area contributed by atoms with Crippen molar-refractivity contribution in [3.05, 3.63) is 54.2 Å². The molecule has 0 amide bonds. The van der Waals surface area contributed by atoms with Gasteiger partial charge < -0.3 is 29.6 Å². The Balaban J connectivity index is 1.23. The van der Waals surface area contributed by atoms with Gasteiger partial charge in [0, 0.05) is 30.2 Å². The highest BCUT2D eigenvalue weighted by Gasteiger charge is 2.20. The fourth-order valence-corrected chi connectivity index (χ4v) is 3.21. The van der Waals surface area contributed by atoms with E-state index in [0.717, 1.165) is 33.7 Å². The second kappa shape index (κ2) is 7.90. The molecule has 0 radical (unpaired) electrons. The van der Waals surface area contributed by atoms with E-state index in [-0.39, 0.29) is 12.7 Å². The summed E-state index contributed by atoms with van der Waals surface area (Å²) in [5.41, 5.74) is 2.15. The summed E-state index contributed by atoms with van der Waals surface area (Å²) in [5.74, 6) is 2.32. The fraction of sp³-hybridized carbons (Fsp3) is 0.333. The molecular formula is C21H24N2O4. The molecule has 2 unspecified atom stereocenters. The summed E-state index contributed by atoms with van der Waals surface area (Å²) in [4.78, 5) is 3.19. The number of fused-ring (bicyclic) bond motifs is 2. The van der Waals surface area contributed by atoms with Crippen LogP contribution in [0.1, 0.15) is 5.56 Å². The molecule has 0 saturated heterocycles. The van der Waals surface area contributed by atoms with Crippen LogP contribution in [0.2, 0.25) is 0 Å². The van der Waals surface area contributed by atoms with Gasteiger partial charge in [0.2, 0.25) is 0 Å². The first kappa shape index (κ1) is 17.7. The lowest BCUT2D eigenvalue weighted by Gasteiger charge is -2.27. The molecule has 142 valence electrons. The minimum atomic E-state index is -0.615. The largest absolute Gasteiger partial charge is 0.490 e. The van der Waals surface area contributed by atoms with Crippen LogP contribution in [0, 0.1) is 6.92 Å². The molecule has 0 aliphatic carbocycles. The van der Waals surface area contributed by atoms with Crippen LogP contribution in [-0.4, -0.2) is 48.6 Å². The number of H-pyrrole nitrogens is 1. The van der Waals surface area contributed by atoms with Gasteiger partial charge in [-0.25, -0.2) is 0 Å². The molecule has 0 fully saturated rings. The van der Waals surface area contributed by atoms with Gasteiger partial charge in [0.25, 0.3) is 0 Å². The van der Waals surface area contributed by atoms with Gasteiger partial charge in [-0.2, -0.15) is 0 Å². The van der Waals surface area contributed by atoms with E-state index < -0.39 is 6.10 Å². The van der Waals surface area contributed by atoms with Crippen molar-refractivity contribution >= 4 is 10.9 Å². The molecule has 1 aromatic heterocycles. The van der Waals surface area contributed by atoms with Crippen molar-refractivity contribution in [3.63, 3.8) is 0 Å². The Kier molecular flexibility index (Phi) is 5.18. The lowest BCUT2D eigenvalue weighted by molar-refractivity contribution is 0.0780. The molecule has 0 spiro atoms. The Morgan fingerprint density at radius 1 is 1.26 bits per heavy atom. The Labute approximate surface area is 158 Å². The molecule has 4 rings (SSSR count). The lowest BCUT2D eigenvalue weighted by Crippen LogP contribution is -2.41. The Morgan fingerprint density at radius 2 is 2.11 bits per heavy atom. The van der Waals surface area contributed by atoms with E-state index in [1.807, 2.05) is 49.5 Å². The zero-order valence-electron chi connectivity index (χ0n) is 15.3. The molecule has 1 aliphatic rings. The fourth-order valence-electron chi connectivity index (χ4n) is 3.21. The second-order valence-corrected chi connectivity index (χ2v) is 6.82. The number of para-hydroxylation sites is 2. The van der Waals surface area contributed by atoms with Crippen LogP contribution in [0.25, 0.3) is 10.9 Å². The minimum absolute atomic E-state index is 0.0794. The van der Waals surface area contributed by atoms with Gasteiger partial charge in [0.05, 0.1) is 0 Å². The molecule has 6 nitrogen and oxygen atoms in total. The van der Waals surface area contributed by atoms with Gasteiger partial charge in [0.1, 0.15) is 31.2 Å². The third-order valence-electron chi connectivity index (χ3n) is 4.53. The molecule has 2 aromatic carbocycles. The molecule has 0 saturated carbocycles. The molecule has 2 heterocycles. The first-order chi connectivity index (χ1) is 13.2. The van der Waals surface area contributed by atoms with Crippen molar-refractivity contribution in [2.24, 2.45) is 0 Å². The van der Waals surface area contributed by atoms with Gasteiger partial charge in [-0.1, -0.05) is 12.1 Å². The van der Waals surface area contributed by atoms with Crippen LogP contribution >= 0.6 is 0 Å². The normalized spacial score (nSPS) is 17.0. The molecule has 3 aromatic rings. The van der Waals surface area contributed by atoms with Crippen molar-refractivity contribution in [2.75, 3.05) is 26.3 Å². The van der Waals surface area contributed by atoms with Gasteiger partial charge in [-0.15, -0.1) is 0 Å². The Bertz CT molecular complexity index is 908. The number of hydrogen-bond donors (Lipinski definition) is 3. The first-order valence-corrected chi connectivity index (χ1v) is 9.17. The van der Waals surface area contributed by atoms with Crippen molar-refractivity contribution in [2.45, 2.75) is 19.1 Å². The van der Waals surface area contributed by atoms with Crippen LogP contribution in [0.4, 0.5) is 0 Å². The lowest BCUT2D eigenvalue weighted by atomic mass is 10.1. The second-order valence-electron chi connectivity index (χ2n) is 6.82. The van der Waals surface area contributed by atoms with Gasteiger partial charge in [0.15, 0.2) is 11.5 Å². The summed E-state index contributed by atoms with van der Waals surface area (Å²) < 4.78 is 17.4. The van der Waals surface area contributed by atoms with E-state index >= 15 is 0 Å². The smallest absolute Gasteiger partial charge is 0.161 e. The summed E-state index contributed by atoms with van der Waals surface area (Å²) in [7, 11) is 0. The Hall–Kier alpha value is -2.70. The maximum absolute atomic E-state index is 10.2. The van der Waals surface area contributed by atoms with Crippen LogP contribution < -0.4 is 19.5 Å². The van der Waals surface area contributed by atoms with Crippen molar-refractivity contribution in [3.8, 4) is 17.2 Å². The van der Waals surface area contributed by atoms with Crippen molar-refractivity contribution in [1.29, 1.82) is 0 Å². The molecule has 6 heteroatoms. The molecule has 0 bridgehead atoms. The molecule has 27 heavy (non-hydrogen) atoms. The van der Waals surface area contributed by atoms with Crippen LogP contribution in [0.5, 0.6) is 17.2 Å². The number of ether oxygens (including phenoxy) is 3. The maximum atomic E-state index is 10.2. The summed E-state index contributed by atoms with van der Waals surface area (Å²) in [6.07, 6.45) is 1.19. The third-order valence-corrected chi connectivity index (χ3v) is 4.53. The number of rotatable bonds is 7. The number of hydrogen-bond acceptors (Lipinski definition) is 5. The molecule has 3 N–H and O–H groups in total.